The van der Waals surface area contributed by atoms with E-state index in [1.165, 1.54) is 25.3 Å². The van der Waals surface area contributed by atoms with Gasteiger partial charge in [0, 0.05) is 5.47 Å². The van der Waals surface area contributed by atoms with E-state index in [0.717, 1.165) is 0 Å². The lowest BCUT2D eigenvalue weighted by Gasteiger charge is -2.26. The van der Waals surface area contributed by atoms with Crippen molar-refractivity contribution in [2.24, 2.45) is 0 Å². The van der Waals surface area contributed by atoms with E-state index in [1.807, 2.05) is 0 Å². The summed E-state index contributed by atoms with van der Waals surface area (Å²) in [6.07, 6.45) is 4.25. The highest BCUT2D eigenvalue weighted by molar-refractivity contribution is 6.51. The maximum Gasteiger partial charge on any atom is 0.489 e. The van der Waals surface area contributed by atoms with Crippen LogP contribution in [-0.4, -0.2) is 23.0 Å². The first kappa shape index (κ1) is 8.29. The van der Waals surface area contributed by atoms with Crippen LogP contribution in [0, 0.1) is 0 Å². The van der Waals surface area contributed by atoms with Crippen molar-refractivity contribution in [3.05, 3.63) is 23.8 Å². The molecule has 11 heavy (non-hydrogen) atoms. The minimum Gasteiger partial charge on any atom is -0.423 e. The molecule has 0 aromatic rings. The second-order valence-corrected chi connectivity index (χ2v) is 2.50. The summed E-state index contributed by atoms with van der Waals surface area (Å²) in [5, 5.41) is 19.7. The smallest absolute Gasteiger partial charge is 0.423 e. The highest BCUT2D eigenvalue weighted by Crippen LogP contribution is 2.21. The first-order valence-electron chi connectivity index (χ1n) is 3.24. The van der Waals surface area contributed by atoms with Gasteiger partial charge in [-0.1, -0.05) is 6.08 Å². The van der Waals surface area contributed by atoms with Crippen molar-refractivity contribution in [3.8, 4) is 0 Å². The highest BCUT2D eigenvalue weighted by Gasteiger charge is 2.35. The molecule has 1 aliphatic rings. The van der Waals surface area contributed by atoms with Crippen LogP contribution in [0.4, 0.5) is 4.39 Å². The van der Waals surface area contributed by atoms with E-state index in [9.17, 15) is 4.39 Å². The summed E-state index contributed by atoms with van der Waals surface area (Å²) < 4.78 is 13.2. The average molecular weight is 157 g/mol. The number of allylic oxidation sites excluding steroid dienone is 2. The molecule has 3 nitrogen and oxygen atoms in total. The number of rotatable bonds is 1. The Kier molecular flexibility index (Phi) is 2.02. The summed E-state index contributed by atoms with van der Waals surface area (Å²) in [6, 6.07) is 0. The van der Waals surface area contributed by atoms with Crippen molar-refractivity contribution in [2.75, 3.05) is 0 Å². The van der Waals surface area contributed by atoms with Gasteiger partial charge in [0.15, 0.2) is 5.79 Å². The van der Waals surface area contributed by atoms with Crippen LogP contribution in [0.2, 0.25) is 0 Å². The molecule has 0 aromatic carbocycles. The van der Waals surface area contributed by atoms with Gasteiger partial charge in [-0.25, -0.2) is 4.39 Å². The van der Waals surface area contributed by atoms with Crippen molar-refractivity contribution < 1.29 is 14.4 Å². The van der Waals surface area contributed by atoms with Crippen molar-refractivity contribution in [3.63, 3.8) is 0 Å². The fourth-order valence-corrected chi connectivity index (χ4v) is 0.925. The Morgan fingerprint density at radius 3 is 2.64 bits per heavy atom. The molecular formula is C6H9BFNO2. The summed E-state index contributed by atoms with van der Waals surface area (Å²) >= 11 is 0. The molecule has 0 amide bonds. The van der Waals surface area contributed by atoms with Crippen LogP contribution in [-0.2, 0) is 0 Å². The predicted octanol–water partition coefficient (Wildman–Crippen LogP) is -0.273. The van der Waals surface area contributed by atoms with E-state index < -0.39 is 12.9 Å². The lowest BCUT2D eigenvalue weighted by atomic mass is 9.73. The van der Waals surface area contributed by atoms with Crippen LogP contribution in [0.5, 0.6) is 0 Å². The van der Waals surface area contributed by atoms with Crippen molar-refractivity contribution in [2.45, 2.75) is 12.7 Å². The normalized spacial score (nSPS) is 29.3. The molecule has 0 aliphatic carbocycles. The molecule has 5 heteroatoms. The second-order valence-electron chi connectivity index (χ2n) is 2.50. The van der Waals surface area contributed by atoms with E-state index in [4.69, 9.17) is 10.0 Å². The number of hydrogen-bond acceptors (Lipinski definition) is 3. The third-order valence-corrected chi connectivity index (χ3v) is 1.55. The molecular weight excluding hydrogens is 148 g/mol. The SMILES string of the molecule is CC1(F)NC=CC=C1B(O)O. The van der Waals surface area contributed by atoms with Crippen molar-refractivity contribution in [1.29, 1.82) is 0 Å². The van der Waals surface area contributed by atoms with Gasteiger partial charge in [0.05, 0.1) is 0 Å². The number of alkyl halides is 1. The van der Waals surface area contributed by atoms with Gasteiger partial charge >= 0.3 is 7.12 Å². The molecule has 0 radical (unpaired) electrons. The Hall–Kier alpha value is -0.805. The molecule has 0 saturated carbocycles. The summed E-state index contributed by atoms with van der Waals surface area (Å²) in [5.74, 6) is -1.86. The molecule has 1 aliphatic heterocycles. The Labute approximate surface area is 64.4 Å². The van der Waals surface area contributed by atoms with Crippen LogP contribution in [0.1, 0.15) is 6.92 Å². The van der Waals surface area contributed by atoms with Gasteiger partial charge in [-0.05, 0) is 19.2 Å². The fraction of sp³-hybridized carbons (Fsp3) is 0.333. The second kappa shape index (κ2) is 2.67. The Morgan fingerprint density at radius 2 is 2.27 bits per heavy atom. The maximum atomic E-state index is 13.2. The number of dihydropyridines is 1. The topological polar surface area (TPSA) is 52.5 Å². The van der Waals surface area contributed by atoms with Crippen molar-refractivity contribution >= 4 is 7.12 Å². The molecule has 0 bridgehead atoms. The monoisotopic (exact) mass is 157 g/mol. The van der Waals surface area contributed by atoms with Gasteiger partial charge in [-0.15, -0.1) is 0 Å². The molecule has 1 unspecified atom stereocenters. The molecule has 60 valence electrons. The number of hydrogen-bond donors (Lipinski definition) is 3. The average Bonchev–Trinajstić information content (AvgIpc) is 1.85. The molecule has 1 atom stereocenters. The van der Waals surface area contributed by atoms with Gasteiger partial charge < -0.3 is 15.4 Å². The van der Waals surface area contributed by atoms with Gasteiger partial charge in [0.2, 0.25) is 0 Å². The lowest BCUT2D eigenvalue weighted by molar-refractivity contribution is 0.207. The molecule has 0 aromatic heterocycles. The Morgan fingerprint density at radius 1 is 1.64 bits per heavy atom. The van der Waals surface area contributed by atoms with Crippen LogP contribution in [0.15, 0.2) is 23.8 Å². The largest absolute Gasteiger partial charge is 0.489 e. The zero-order chi connectivity index (χ0) is 8.48. The van der Waals surface area contributed by atoms with E-state index in [0.29, 0.717) is 0 Å². The molecule has 3 N–H and O–H groups in total. The molecule has 0 spiro atoms. The van der Waals surface area contributed by atoms with Gasteiger partial charge in [0.1, 0.15) is 0 Å². The van der Waals surface area contributed by atoms with Crippen LogP contribution < -0.4 is 5.32 Å². The minimum atomic E-state index is -1.86. The summed E-state index contributed by atoms with van der Waals surface area (Å²) in [6.45, 7) is 1.22. The van der Waals surface area contributed by atoms with Crippen LogP contribution in [0.25, 0.3) is 0 Å². The molecule has 0 saturated heterocycles. The van der Waals surface area contributed by atoms with Crippen LogP contribution >= 0.6 is 0 Å². The van der Waals surface area contributed by atoms with Crippen molar-refractivity contribution in [1.82, 2.24) is 5.32 Å². The predicted molar refractivity (Wildman–Crippen MR) is 40.1 cm³/mol. The zero-order valence-electron chi connectivity index (χ0n) is 6.08. The van der Waals surface area contributed by atoms with Crippen LogP contribution in [0.3, 0.4) is 0 Å². The third-order valence-electron chi connectivity index (χ3n) is 1.55. The van der Waals surface area contributed by atoms with E-state index in [-0.39, 0.29) is 5.47 Å². The summed E-state index contributed by atoms with van der Waals surface area (Å²) in [4.78, 5) is 0. The maximum absolute atomic E-state index is 13.2. The first-order chi connectivity index (χ1) is 5.04. The first-order valence-corrected chi connectivity index (χ1v) is 3.24. The highest BCUT2D eigenvalue weighted by atomic mass is 19.1. The molecule has 1 rings (SSSR count). The summed E-state index contributed by atoms with van der Waals surface area (Å²) in [5.41, 5.74) is -0.0833. The minimum absolute atomic E-state index is 0.0833. The summed E-state index contributed by atoms with van der Waals surface area (Å²) in [7, 11) is -1.75. The Bertz CT molecular complexity index is 213. The van der Waals surface area contributed by atoms with Gasteiger partial charge in [0.25, 0.3) is 0 Å². The number of halogens is 1. The van der Waals surface area contributed by atoms with E-state index in [1.54, 1.807) is 0 Å². The number of nitrogens with one attached hydrogen (secondary N) is 1. The van der Waals surface area contributed by atoms with Gasteiger partial charge in [-0.3, -0.25) is 0 Å². The molecule has 1 heterocycles. The third kappa shape index (κ3) is 1.61. The Balaban J connectivity index is 2.88. The standard InChI is InChI=1S/C6H9BFNO2/c1-6(8)5(7(10)11)3-2-4-9-6/h2-4,9-11H,1H3. The van der Waals surface area contributed by atoms with Gasteiger partial charge in [-0.2, -0.15) is 0 Å². The fourth-order valence-electron chi connectivity index (χ4n) is 0.925. The molecule has 0 fully saturated rings. The quantitative estimate of drug-likeness (QED) is 0.362. The zero-order valence-corrected chi connectivity index (χ0v) is 6.08. The van der Waals surface area contributed by atoms with E-state index >= 15 is 0 Å². The lowest BCUT2D eigenvalue weighted by Crippen LogP contribution is -2.43. The van der Waals surface area contributed by atoms with E-state index in [2.05, 4.69) is 5.32 Å².